The molecule has 160 valence electrons. The number of nitrogens with zero attached hydrogens (tertiary/aromatic N) is 2. The minimum atomic E-state index is -0.627. The van der Waals surface area contributed by atoms with E-state index in [2.05, 4.69) is 10.2 Å². The summed E-state index contributed by atoms with van der Waals surface area (Å²) in [4.78, 5) is 28.7. The van der Waals surface area contributed by atoms with Crippen molar-refractivity contribution < 1.29 is 14.3 Å². The molecule has 3 N–H and O–H groups in total. The van der Waals surface area contributed by atoms with Crippen LogP contribution in [0.15, 0.2) is 48.5 Å². The van der Waals surface area contributed by atoms with E-state index in [1.165, 1.54) is 0 Å². The van der Waals surface area contributed by atoms with Gasteiger partial charge in [0, 0.05) is 31.9 Å². The molecule has 0 aliphatic carbocycles. The molecule has 7 heteroatoms. The number of anilines is 1. The Hall–Kier alpha value is -3.22. The lowest BCUT2D eigenvalue weighted by Gasteiger charge is -2.26. The molecule has 1 saturated heterocycles. The summed E-state index contributed by atoms with van der Waals surface area (Å²) >= 11 is 0. The third-order valence-electron chi connectivity index (χ3n) is 5.55. The summed E-state index contributed by atoms with van der Waals surface area (Å²) in [6.45, 7) is 4.95. The number of nitrogens with one attached hydrogen (secondary N) is 1. The molecule has 0 spiro atoms. The van der Waals surface area contributed by atoms with Crippen LogP contribution in [0.25, 0.3) is 0 Å². The number of ether oxygens (including phenoxy) is 1. The van der Waals surface area contributed by atoms with Gasteiger partial charge in [0.05, 0.1) is 19.6 Å². The largest absolute Gasteiger partial charge is 0.497 e. The van der Waals surface area contributed by atoms with Gasteiger partial charge < -0.3 is 25.6 Å². The van der Waals surface area contributed by atoms with Crippen molar-refractivity contribution in [3.05, 3.63) is 59.7 Å². The molecule has 1 heterocycles. The van der Waals surface area contributed by atoms with Crippen LogP contribution in [0.3, 0.4) is 0 Å². The van der Waals surface area contributed by atoms with Crippen molar-refractivity contribution in [1.82, 2.24) is 10.2 Å². The van der Waals surface area contributed by atoms with Gasteiger partial charge in [0.25, 0.3) is 0 Å². The number of rotatable bonds is 6. The molecular weight excluding hydrogens is 380 g/mol. The number of hydrogen-bond acceptors (Lipinski definition) is 4. The first kappa shape index (κ1) is 21.5. The minimum Gasteiger partial charge on any atom is -0.497 e. The first-order chi connectivity index (χ1) is 14.5. The van der Waals surface area contributed by atoms with E-state index in [-0.39, 0.29) is 12.3 Å². The van der Waals surface area contributed by atoms with Crippen LogP contribution in [0.2, 0.25) is 0 Å². The first-order valence-electron chi connectivity index (χ1n) is 10.3. The third kappa shape index (κ3) is 5.43. The van der Waals surface area contributed by atoms with Gasteiger partial charge in [-0.1, -0.05) is 24.3 Å². The van der Waals surface area contributed by atoms with E-state index >= 15 is 0 Å². The van der Waals surface area contributed by atoms with E-state index < -0.39 is 12.1 Å². The second-order valence-corrected chi connectivity index (χ2v) is 7.54. The Bertz CT molecular complexity index is 869. The van der Waals surface area contributed by atoms with E-state index in [4.69, 9.17) is 10.5 Å². The third-order valence-corrected chi connectivity index (χ3v) is 5.55. The summed E-state index contributed by atoms with van der Waals surface area (Å²) in [6, 6.07) is 14.7. The van der Waals surface area contributed by atoms with Crippen LogP contribution in [0.1, 0.15) is 30.0 Å². The highest BCUT2D eigenvalue weighted by atomic mass is 16.5. The van der Waals surface area contributed by atoms with Gasteiger partial charge in [-0.15, -0.1) is 0 Å². The van der Waals surface area contributed by atoms with Crippen LogP contribution >= 0.6 is 0 Å². The average molecular weight is 411 g/mol. The second kappa shape index (κ2) is 10.0. The maximum absolute atomic E-state index is 13.1. The number of hydrogen-bond donors (Lipinski definition) is 2. The number of urea groups is 1. The van der Waals surface area contributed by atoms with Gasteiger partial charge in [-0.05, 0) is 48.7 Å². The molecule has 0 saturated carbocycles. The van der Waals surface area contributed by atoms with Crippen molar-refractivity contribution in [2.45, 2.75) is 25.8 Å². The van der Waals surface area contributed by atoms with Crippen LogP contribution < -0.4 is 20.7 Å². The maximum Gasteiger partial charge on any atom is 0.312 e. The molecule has 2 aromatic carbocycles. The van der Waals surface area contributed by atoms with Gasteiger partial charge in [0.15, 0.2) is 0 Å². The van der Waals surface area contributed by atoms with Gasteiger partial charge in [-0.3, -0.25) is 4.79 Å². The van der Waals surface area contributed by atoms with Crippen molar-refractivity contribution in [3.8, 4) is 5.75 Å². The monoisotopic (exact) mass is 410 g/mol. The molecule has 1 aliphatic rings. The summed E-state index contributed by atoms with van der Waals surface area (Å²) in [5, 5.41) is 2.74. The summed E-state index contributed by atoms with van der Waals surface area (Å²) in [5.74, 6) is 0.850. The van der Waals surface area contributed by atoms with E-state index in [1.807, 2.05) is 60.4 Å². The zero-order chi connectivity index (χ0) is 21.5. The number of nitrogens with two attached hydrogens (primary N) is 1. The number of carbonyl (C=O) groups is 2. The Kier molecular flexibility index (Phi) is 7.17. The van der Waals surface area contributed by atoms with Gasteiger partial charge in [-0.2, -0.15) is 0 Å². The molecule has 1 unspecified atom stereocenters. The fourth-order valence-corrected chi connectivity index (χ4v) is 3.91. The number of benzene rings is 2. The average Bonchev–Trinajstić information content (AvgIpc) is 3.00. The number of carbonyl (C=O) groups excluding carboxylic acids is 2. The lowest BCUT2D eigenvalue weighted by molar-refractivity contribution is -0.131. The normalized spacial score (nSPS) is 15.3. The van der Waals surface area contributed by atoms with Gasteiger partial charge in [0.2, 0.25) is 5.91 Å². The summed E-state index contributed by atoms with van der Waals surface area (Å²) in [6.07, 6.45) is 1.08. The van der Waals surface area contributed by atoms with Gasteiger partial charge in [-0.25, -0.2) is 4.79 Å². The van der Waals surface area contributed by atoms with Crippen molar-refractivity contribution in [3.63, 3.8) is 0 Å². The highest BCUT2D eigenvalue weighted by molar-refractivity contribution is 5.79. The van der Waals surface area contributed by atoms with Crippen molar-refractivity contribution in [2.75, 3.05) is 38.2 Å². The molecule has 30 heavy (non-hydrogen) atoms. The fourth-order valence-electron chi connectivity index (χ4n) is 3.91. The first-order valence-corrected chi connectivity index (χ1v) is 10.3. The molecule has 3 amide bonds. The molecule has 1 aliphatic heterocycles. The zero-order valence-corrected chi connectivity index (χ0v) is 17.6. The number of amides is 3. The molecule has 0 radical (unpaired) electrons. The van der Waals surface area contributed by atoms with Crippen LogP contribution in [0.4, 0.5) is 10.5 Å². The predicted molar refractivity (Wildman–Crippen MR) is 118 cm³/mol. The Morgan fingerprint density at radius 3 is 2.47 bits per heavy atom. The summed E-state index contributed by atoms with van der Waals surface area (Å²) in [5.41, 5.74) is 8.43. The molecule has 0 bridgehead atoms. The SMILES string of the molecule is COc1ccc(N2CCCN(C(=O)CC(NC(N)=O)c3ccccc3C)CC2)cc1. The number of primary amides is 1. The highest BCUT2D eigenvalue weighted by Gasteiger charge is 2.24. The van der Waals surface area contributed by atoms with Crippen LogP contribution in [0, 0.1) is 6.92 Å². The smallest absolute Gasteiger partial charge is 0.312 e. The lowest BCUT2D eigenvalue weighted by atomic mass is 9.98. The van der Waals surface area contributed by atoms with Crippen molar-refractivity contribution in [1.29, 1.82) is 0 Å². The summed E-state index contributed by atoms with van der Waals surface area (Å²) < 4.78 is 5.23. The van der Waals surface area contributed by atoms with E-state index in [0.29, 0.717) is 13.1 Å². The molecule has 7 nitrogen and oxygen atoms in total. The van der Waals surface area contributed by atoms with Crippen LogP contribution in [0.5, 0.6) is 5.75 Å². The van der Waals surface area contributed by atoms with Crippen molar-refractivity contribution >= 4 is 17.6 Å². The fraction of sp³-hybridized carbons (Fsp3) is 0.391. The standard InChI is InChI=1S/C23H30N4O3/c1-17-6-3-4-7-20(17)21(25-23(24)29)16-22(28)27-13-5-12-26(14-15-27)18-8-10-19(30-2)11-9-18/h3-4,6-11,21H,5,12-16H2,1-2H3,(H3,24,25,29). The maximum atomic E-state index is 13.1. The zero-order valence-electron chi connectivity index (χ0n) is 17.6. The lowest BCUT2D eigenvalue weighted by Crippen LogP contribution is -2.40. The quantitative estimate of drug-likeness (QED) is 0.767. The van der Waals surface area contributed by atoms with Gasteiger partial charge >= 0.3 is 6.03 Å². The summed E-state index contributed by atoms with van der Waals surface area (Å²) in [7, 11) is 1.65. The molecule has 1 fully saturated rings. The number of methoxy groups -OCH3 is 1. The Morgan fingerprint density at radius 2 is 1.80 bits per heavy atom. The minimum absolute atomic E-state index is 0.0218. The molecule has 3 rings (SSSR count). The van der Waals surface area contributed by atoms with E-state index in [0.717, 1.165) is 42.1 Å². The second-order valence-electron chi connectivity index (χ2n) is 7.54. The van der Waals surface area contributed by atoms with Crippen LogP contribution in [-0.4, -0.2) is 50.1 Å². The van der Waals surface area contributed by atoms with E-state index in [9.17, 15) is 9.59 Å². The van der Waals surface area contributed by atoms with Crippen LogP contribution in [-0.2, 0) is 4.79 Å². The number of aryl methyl sites for hydroxylation is 1. The van der Waals surface area contributed by atoms with Gasteiger partial charge in [0.1, 0.15) is 5.75 Å². The Labute approximate surface area is 177 Å². The van der Waals surface area contributed by atoms with Crippen molar-refractivity contribution in [2.24, 2.45) is 5.73 Å². The molecule has 0 aromatic heterocycles. The highest BCUT2D eigenvalue weighted by Crippen LogP contribution is 2.23. The Morgan fingerprint density at radius 1 is 1.07 bits per heavy atom. The topological polar surface area (TPSA) is 87.9 Å². The molecule has 1 atom stereocenters. The predicted octanol–water partition coefficient (Wildman–Crippen LogP) is 2.84. The Balaban J connectivity index is 1.65. The van der Waals surface area contributed by atoms with E-state index in [1.54, 1.807) is 7.11 Å². The molecular formula is C23H30N4O3. The molecule has 2 aromatic rings.